The van der Waals surface area contributed by atoms with Crippen molar-refractivity contribution >= 4 is 10.0 Å². The number of rotatable bonds is 6. The predicted molar refractivity (Wildman–Crippen MR) is 104 cm³/mol. The number of sulfonamides is 1. The summed E-state index contributed by atoms with van der Waals surface area (Å²) in [5.41, 5.74) is 2.08. The Morgan fingerprint density at radius 2 is 1.65 bits per heavy atom. The lowest BCUT2D eigenvalue weighted by atomic mass is 9.87. The molecule has 0 bridgehead atoms. The Morgan fingerprint density at radius 1 is 1.08 bits per heavy atom. The molecule has 0 spiro atoms. The standard InChI is InChI=1S/C21H27NO3S/c1-16(17-8-6-5-7-9-17)22(14-19-15-25-19)26(23,24)20-12-10-18(11-13-20)21(2,3)4/h5-13,16,19H,14-15H2,1-4H3. The van der Waals surface area contributed by atoms with Crippen LogP contribution in [0.4, 0.5) is 0 Å². The molecule has 26 heavy (non-hydrogen) atoms. The quantitative estimate of drug-likeness (QED) is 0.715. The monoisotopic (exact) mass is 373 g/mol. The van der Waals surface area contributed by atoms with Gasteiger partial charge in [-0.25, -0.2) is 8.42 Å². The van der Waals surface area contributed by atoms with E-state index in [9.17, 15) is 8.42 Å². The molecule has 1 fully saturated rings. The zero-order valence-electron chi connectivity index (χ0n) is 15.8. The number of benzene rings is 2. The van der Waals surface area contributed by atoms with E-state index in [4.69, 9.17) is 4.74 Å². The SMILES string of the molecule is CC(c1ccccc1)N(CC1CO1)S(=O)(=O)c1ccc(C(C)(C)C)cc1. The van der Waals surface area contributed by atoms with Gasteiger partial charge in [0.2, 0.25) is 10.0 Å². The van der Waals surface area contributed by atoms with Gasteiger partial charge in [0, 0.05) is 12.6 Å². The highest BCUT2D eigenvalue weighted by Crippen LogP contribution is 2.31. The highest BCUT2D eigenvalue weighted by atomic mass is 32.2. The zero-order chi connectivity index (χ0) is 18.9. The summed E-state index contributed by atoms with van der Waals surface area (Å²) in [6.45, 7) is 9.27. The molecule has 140 valence electrons. The molecule has 0 N–H and O–H groups in total. The van der Waals surface area contributed by atoms with Crippen molar-refractivity contribution < 1.29 is 13.2 Å². The van der Waals surface area contributed by atoms with Crippen LogP contribution in [0.25, 0.3) is 0 Å². The van der Waals surface area contributed by atoms with Gasteiger partial charge in [0.1, 0.15) is 0 Å². The van der Waals surface area contributed by atoms with Crippen LogP contribution >= 0.6 is 0 Å². The van der Waals surface area contributed by atoms with E-state index in [1.54, 1.807) is 16.4 Å². The number of hydrogen-bond acceptors (Lipinski definition) is 3. The van der Waals surface area contributed by atoms with E-state index in [1.807, 2.05) is 49.4 Å². The first-order chi connectivity index (χ1) is 12.2. The van der Waals surface area contributed by atoms with Gasteiger partial charge in [0.25, 0.3) is 0 Å². The second-order valence-electron chi connectivity index (χ2n) is 7.89. The van der Waals surface area contributed by atoms with Crippen molar-refractivity contribution in [3.05, 3.63) is 65.7 Å². The molecule has 0 amide bonds. The van der Waals surface area contributed by atoms with E-state index in [0.717, 1.165) is 11.1 Å². The van der Waals surface area contributed by atoms with Crippen LogP contribution in [-0.2, 0) is 20.2 Å². The summed E-state index contributed by atoms with van der Waals surface area (Å²) >= 11 is 0. The Bertz CT molecular complexity index is 835. The van der Waals surface area contributed by atoms with Crippen molar-refractivity contribution in [1.82, 2.24) is 4.31 Å². The molecule has 2 atom stereocenters. The maximum Gasteiger partial charge on any atom is 0.243 e. The third-order valence-electron chi connectivity index (χ3n) is 4.83. The van der Waals surface area contributed by atoms with Gasteiger partial charge in [0.05, 0.1) is 17.6 Å². The van der Waals surface area contributed by atoms with Crippen LogP contribution in [0, 0.1) is 0 Å². The topological polar surface area (TPSA) is 49.9 Å². The molecule has 1 aliphatic rings. The number of epoxide rings is 1. The molecular weight excluding hydrogens is 346 g/mol. The van der Waals surface area contributed by atoms with E-state index < -0.39 is 10.0 Å². The number of ether oxygens (including phenoxy) is 1. The van der Waals surface area contributed by atoms with Crippen molar-refractivity contribution in [1.29, 1.82) is 0 Å². The first-order valence-electron chi connectivity index (χ1n) is 8.98. The van der Waals surface area contributed by atoms with Crippen molar-refractivity contribution in [2.45, 2.75) is 50.2 Å². The molecule has 2 aromatic carbocycles. The molecule has 1 heterocycles. The van der Waals surface area contributed by atoms with Gasteiger partial charge in [-0.3, -0.25) is 0 Å². The van der Waals surface area contributed by atoms with Crippen molar-refractivity contribution in [2.24, 2.45) is 0 Å². The number of nitrogens with zero attached hydrogens (tertiary/aromatic N) is 1. The van der Waals surface area contributed by atoms with Crippen LogP contribution in [0.5, 0.6) is 0 Å². The maximum atomic E-state index is 13.3. The summed E-state index contributed by atoms with van der Waals surface area (Å²) in [6.07, 6.45) is -0.00946. The molecule has 3 rings (SSSR count). The first-order valence-corrected chi connectivity index (χ1v) is 10.4. The van der Waals surface area contributed by atoms with Gasteiger partial charge < -0.3 is 4.74 Å². The van der Waals surface area contributed by atoms with E-state index in [0.29, 0.717) is 18.0 Å². The maximum absolute atomic E-state index is 13.3. The van der Waals surface area contributed by atoms with Crippen LogP contribution in [0.2, 0.25) is 0 Å². The smallest absolute Gasteiger partial charge is 0.243 e. The van der Waals surface area contributed by atoms with Crippen LogP contribution in [0.15, 0.2) is 59.5 Å². The summed E-state index contributed by atoms with van der Waals surface area (Å²) in [4.78, 5) is 0.328. The second-order valence-corrected chi connectivity index (χ2v) is 9.78. The minimum Gasteiger partial charge on any atom is -0.372 e. The Morgan fingerprint density at radius 3 is 2.15 bits per heavy atom. The Labute approximate surface area is 156 Å². The molecule has 0 radical (unpaired) electrons. The average molecular weight is 374 g/mol. The van der Waals surface area contributed by atoms with Crippen LogP contribution in [0.1, 0.15) is 44.9 Å². The average Bonchev–Trinajstić information content (AvgIpc) is 3.43. The van der Waals surface area contributed by atoms with Crippen LogP contribution in [0.3, 0.4) is 0 Å². The third-order valence-corrected chi connectivity index (χ3v) is 6.78. The Balaban J connectivity index is 1.94. The lowest BCUT2D eigenvalue weighted by Gasteiger charge is -2.28. The summed E-state index contributed by atoms with van der Waals surface area (Å²) < 4.78 is 33.6. The summed E-state index contributed by atoms with van der Waals surface area (Å²) in [5.74, 6) is 0. The van der Waals surface area contributed by atoms with E-state index in [1.165, 1.54) is 0 Å². The fraction of sp³-hybridized carbons (Fsp3) is 0.429. The molecule has 0 saturated carbocycles. The van der Waals surface area contributed by atoms with Gasteiger partial charge in [-0.05, 0) is 35.6 Å². The minimum absolute atomic E-state index is 0.00946. The number of hydrogen-bond donors (Lipinski definition) is 0. The lowest BCUT2D eigenvalue weighted by molar-refractivity contribution is 0.295. The van der Waals surface area contributed by atoms with Crippen LogP contribution in [-0.4, -0.2) is 32.0 Å². The van der Waals surface area contributed by atoms with Crippen molar-refractivity contribution in [3.8, 4) is 0 Å². The van der Waals surface area contributed by atoms with E-state index >= 15 is 0 Å². The Kier molecular flexibility index (Phi) is 5.24. The summed E-state index contributed by atoms with van der Waals surface area (Å²) in [7, 11) is -3.61. The van der Waals surface area contributed by atoms with Crippen LogP contribution < -0.4 is 0 Å². The molecule has 5 heteroatoms. The third kappa shape index (κ3) is 4.17. The molecule has 2 unspecified atom stereocenters. The largest absolute Gasteiger partial charge is 0.372 e. The molecule has 0 aromatic heterocycles. The summed E-state index contributed by atoms with van der Waals surface area (Å²) in [5, 5.41) is 0. The first kappa shape index (κ1) is 19.1. The van der Waals surface area contributed by atoms with Crippen molar-refractivity contribution in [2.75, 3.05) is 13.2 Å². The second kappa shape index (κ2) is 7.14. The van der Waals surface area contributed by atoms with Gasteiger partial charge in [0.15, 0.2) is 0 Å². The Hall–Kier alpha value is -1.69. The fourth-order valence-electron chi connectivity index (χ4n) is 3.00. The molecule has 1 aliphatic heterocycles. The van der Waals surface area contributed by atoms with Gasteiger partial charge in [-0.15, -0.1) is 0 Å². The van der Waals surface area contributed by atoms with Gasteiger partial charge in [-0.1, -0.05) is 63.2 Å². The van der Waals surface area contributed by atoms with Crippen molar-refractivity contribution in [3.63, 3.8) is 0 Å². The van der Waals surface area contributed by atoms with E-state index in [2.05, 4.69) is 20.8 Å². The van der Waals surface area contributed by atoms with E-state index in [-0.39, 0.29) is 17.6 Å². The fourth-order valence-corrected chi connectivity index (χ4v) is 4.65. The van der Waals surface area contributed by atoms with Gasteiger partial charge >= 0.3 is 0 Å². The minimum atomic E-state index is -3.61. The summed E-state index contributed by atoms with van der Waals surface area (Å²) in [6, 6.07) is 16.7. The molecule has 4 nitrogen and oxygen atoms in total. The highest BCUT2D eigenvalue weighted by molar-refractivity contribution is 7.89. The normalized spacial score (nSPS) is 18.7. The van der Waals surface area contributed by atoms with Gasteiger partial charge in [-0.2, -0.15) is 4.31 Å². The molecule has 1 saturated heterocycles. The highest BCUT2D eigenvalue weighted by Gasteiger charge is 2.36. The molecule has 2 aromatic rings. The molecule has 0 aliphatic carbocycles. The molecular formula is C21H27NO3S. The predicted octanol–water partition coefficient (Wildman–Crippen LogP) is 4.13. The zero-order valence-corrected chi connectivity index (χ0v) is 16.7. The lowest BCUT2D eigenvalue weighted by Crippen LogP contribution is -2.36.